The van der Waals surface area contributed by atoms with Crippen molar-refractivity contribution in [3.05, 3.63) is 24.3 Å². The van der Waals surface area contributed by atoms with E-state index in [-0.39, 0.29) is 11.2 Å². The number of hydrogen-bond acceptors (Lipinski definition) is 4. The Morgan fingerprint density at radius 1 is 1.00 bits per heavy atom. The van der Waals surface area contributed by atoms with Gasteiger partial charge in [0.15, 0.2) is 0 Å². The highest BCUT2D eigenvalue weighted by atomic mass is 16.7. The first-order chi connectivity index (χ1) is 9.32. The number of methoxy groups -OCH3 is 1. The number of ether oxygens (including phenoxy) is 1. The summed E-state index contributed by atoms with van der Waals surface area (Å²) in [7, 11) is 1.18. The van der Waals surface area contributed by atoms with Crippen LogP contribution in [0.4, 0.5) is 0 Å². The van der Waals surface area contributed by atoms with E-state index in [0.29, 0.717) is 5.66 Å². The summed E-state index contributed by atoms with van der Waals surface area (Å²) >= 11 is 0. The summed E-state index contributed by atoms with van der Waals surface area (Å²) in [5.74, 6) is 0.804. The highest BCUT2D eigenvalue weighted by Gasteiger charge is 2.53. The van der Waals surface area contributed by atoms with Crippen molar-refractivity contribution in [3.63, 3.8) is 0 Å². The Kier molecular flexibility index (Phi) is 2.89. The molecule has 2 aromatic rings. The van der Waals surface area contributed by atoms with Gasteiger partial charge in [-0.3, -0.25) is 0 Å². The monoisotopic (exact) mass is 274 g/mol. The van der Waals surface area contributed by atoms with Gasteiger partial charge in [0.05, 0.1) is 18.3 Å². The molecule has 0 atom stereocenters. The molecule has 0 aliphatic carbocycles. The fourth-order valence-corrected chi connectivity index (χ4v) is 2.24. The predicted molar refractivity (Wildman–Crippen MR) is 78.5 cm³/mol. The molecule has 5 heteroatoms. The van der Waals surface area contributed by atoms with Gasteiger partial charge in [-0.15, -0.1) is 0 Å². The molecule has 0 bridgehead atoms. The van der Waals surface area contributed by atoms with Gasteiger partial charge < -0.3 is 18.5 Å². The molecule has 1 aliphatic heterocycles. The summed E-state index contributed by atoms with van der Waals surface area (Å²) in [6, 6.07) is 7.65. The molecule has 4 nitrogen and oxygen atoms in total. The van der Waals surface area contributed by atoms with Crippen molar-refractivity contribution >= 4 is 23.7 Å². The van der Waals surface area contributed by atoms with Crippen LogP contribution in [0.5, 0.6) is 5.75 Å². The third kappa shape index (κ3) is 2.01. The van der Waals surface area contributed by atoms with Gasteiger partial charge >= 0.3 is 7.12 Å². The number of rotatable bonds is 2. The van der Waals surface area contributed by atoms with Gasteiger partial charge in [0.1, 0.15) is 17.0 Å². The first-order valence-electron chi connectivity index (χ1n) is 6.75. The smallest absolute Gasteiger partial charge is 0.497 e. The molecular formula is C15H19BO4. The Balaban J connectivity index is 1.96. The van der Waals surface area contributed by atoms with Crippen LogP contribution in [0.3, 0.4) is 0 Å². The molecule has 0 saturated carbocycles. The molecule has 1 aliphatic rings. The van der Waals surface area contributed by atoms with Crippen LogP contribution in [-0.2, 0) is 9.31 Å². The molecule has 1 aromatic heterocycles. The quantitative estimate of drug-likeness (QED) is 0.789. The second-order valence-corrected chi connectivity index (χ2v) is 6.14. The maximum atomic E-state index is 5.99. The van der Waals surface area contributed by atoms with E-state index < -0.39 is 7.12 Å². The highest BCUT2D eigenvalue weighted by molar-refractivity contribution is 6.61. The summed E-state index contributed by atoms with van der Waals surface area (Å²) in [6.07, 6.45) is 0. The lowest BCUT2D eigenvalue weighted by atomic mass is 9.86. The Labute approximate surface area is 119 Å². The van der Waals surface area contributed by atoms with Crippen LogP contribution in [-0.4, -0.2) is 25.4 Å². The minimum absolute atomic E-state index is 0.367. The molecular weight excluding hydrogens is 255 g/mol. The second-order valence-electron chi connectivity index (χ2n) is 6.14. The molecule has 2 heterocycles. The first kappa shape index (κ1) is 13.5. The van der Waals surface area contributed by atoms with Gasteiger partial charge in [0.2, 0.25) is 0 Å². The van der Waals surface area contributed by atoms with E-state index in [9.17, 15) is 0 Å². The molecule has 1 saturated heterocycles. The Morgan fingerprint density at radius 2 is 1.65 bits per heavy atom. The standard InChI is InChI=1S/C15H19BO4/c1-14(2)15(3,4)20-16(19-14)13-9-10-8-11(17-5)6-7-12(10)18-13/h6-9H,1-5H3. The number of benzene rings is 1. The van der Waals surface area contributed by atoms with E-state index in [1.165, 1.54) is 0 Å². The van der Waals surface area contributed by atoms with Crippen molar-refractivity contribution < 1.29 is 18.5 Å². The van der Waals surface area contributed by atoms with Crippen LogP contribution in [0.25, 0.3) is 11.0 Å². The molecule has 0 unspecified atom stereocenters. The number of fused-ring (bicyclic) bond motifs is 1. The van der Waals surface area contributed by atoms with Gasteiger partial charge in [-0.2, -0.15) is 0 Å². The van der Waals surface area contributed by atoms with Gasteiger partial charge in [0, 0.05) is 5.39 Å². The summed E-state index contributed by atoms with van der Waals surface area (Å²) in [4.78, 5) is 0. The van der Waals surface area contributed by atoms with Gasteiger partial charge in [0.25, 0.3) is 0 Å². The molecule has 1 fully saturated rings. The van der Waals surface area contributed by atoms with E-state index >= 15 is 0 Å². The molecule has 20 heavy (non-hydrogen) atoms. The fraction of sp³-hybridized carbons (Fsp3) is 0.467. The molecule has 0 N–H and O–H groups in total. The van der Waals surface area contributed by atoms with Crippen LogP contribution in [0, 0.1) is 0 Å². The largest absolute Gasteiger partial charge is 0.532 e. The third-order valence-electron chi connectivity index (χ3n) is 4.23. The van der Waals surface area contributed by atoms with Gasteiger partial charge in [-0.1, -0.05) is 0 Å². The summed E-state index contributed by atoms with van der Waals surface area (Å²) < 4.78 is 23.0. The molecule has 3 rings (SSSR count). The lowest BCUT2D eigenvalue weighted by molar-refractivity contribution is 0.00578. The molecule has 1 aromatic carbocycles. The van der Waals surface area contributed by atoms with Crippen molar-refractivity contribution in [2.45, 2.75) is 38.9 Å². The second kappa shape index (κ2) is 4.27. The van der Waals surface area contributed by atoms with Crippen LogP contribution in [0.1, 0.15) is 27.7 Å². The zero-order valence-electron chi connectivity index (χ0n) is 12.5. The fourth-order valence-electron chi connectivity index (χ4n) is 2.24. The Hall–Kier alpha value is -1.46. The lowest BCUT2D eigenvalue weighted by Crippen LogP contribution is -2.41. The molecule has 0 radical (unpaired) electrons. The van der Waals surface area contributed by atoms with Crippen LogP contribution in [0.2, 0.25) is 0 Å². The third-order valence-corrected chi connectivity index (χ3v) is 4.23. The van der Waals surface area contributed by atoms with E-state index in [4.69, 9.17) is 18.5 Å². The normalized spacial score (nSPS) is 20.6. The number of furan rings is 1. The van der Waals surface area contributed by atoms with E-state index in [2.05, 4.69) is 0 Å². The van der Waals surface area contributed by atoms with E-state index in [1.807, 2.05) is 52.0 Å². The highest BCUT2D eigenvalue weighted by Crippen LogP contribution is 2.37. The summed E-state index contributed by atoms with van der Waals surface area (Å²) in [6.45, 7) is 8.11. The summed E-state index contributed by atoms with van der Waals surface area (Å²) in [5, 5.41) is 0.981. The minimum Gasteiger partial charge on any atom is -0.497 e. The van der Waals surface area contributed by atoms with Crippen molar-refractivity contribution in [2.75, 3.05) is 7.11 Å². The number of hydrogen-bond donors (Lipinski definition) is 0. The average molecular weight is 274 g/mol. The van der Waals surface area contributed by atoms with Crippen molar-refractivity contribution in [2.24, 2.45) is 0 Å². The maximum Gasteiger partial charge on any atom is 0.532 e. The van der Waals surface area contributed by atoms with Crippen LogP contribution < -0.4 is 10.4 Å². The van der Waals surface area contributed by atoms with Crippen molar-refractivity contribution in [1.29, 1.82) is 0 Å². The molecule has 0 amide bonds. The first-order valence-corrected chi connectivity index (χ1v) is 6.75. The van der Waals surface area contributed by atoms with Crippen molar-refractivity contribution in [1.82, 2.24) is 0 Å². The van der Waals surface area contributed by atoms with Crippen molar-refractivity contribution in [3.8, 4) is 5.75 Å². The Bertz CT molecular complexity index is 628. The summed E-state index contributed by atoms with van der Waals surface area (Å²) in [5.41, 5.74) is 0.755. The zero-order chi connectivity index (χ0) is 14.5. The van der Waals surface area contributed by atoms with Gasteiger partial charge in [-0.05, 0) is 52.0 Å². The minimum atomic E-state index is -0.474. The molecule has 106 valence electrons. The van der Waals surface area contributed by atoms with E-state index in [0.717, 1.165) is 16.7 Å². The topological polar surface area (TPSA) is 40.8 Å². The van der Waals surface area contributed by atoms with Crippen LogP contribution >= 0.6 is 0 Å². The Morgan fingerprint density at radius 3 is 2.25 bits per heavy atom. The zero-order valence-corrected chi connectivity index (χ0v) is 12.5. The SMILES string of the molecule is COc1ccc2oc(B3OC(C)(C)C(C)(C)O3)cc2c1. The lowest BCUT2D eigenvalue weighted by Gasteiger charge is -2.32. The van der Waals surface area contributed by atoms with Gasteiger partial charge in [-0.25, -0.2) is 0 Å². The molecule has 0 spiro atoms. The average Bonchev–Trinajstić information content (AvgIpc) is 2.87. The predicted octanol–water partition coefficient (Wildman–Crippen LogP) is 2.74. The van der Waals surface area contributed by atoms with E-state index in [1.54, 1.807) is 7.11 Å². The maximum absolute atomic E-state index is 5.99. The van der Waals surface area contributed by atoms with Crippen LogP contribution in [0.15, 0.2) is 28.7 Å².